The summed E-state index contributed by atoms with van der Waals surface area (Å²) in [7, 11) is 0. The molecule has 2 aromatic heterocycles. The van der Waals surface area contributed by atoms with Gasteiger partial charge in [0.2, 0.25) is 0 Å². The lowest BCUT2D eigenvalue weighted by atomic mass is 9.94. The van der Waals surface area contributed by atoms with Gasteiger partial charge < -0.3 is 15.0 Å². The molecule has 0 saturated carbocycles. The third-order valence-electron chi connectivity index (χ3n) is 4.98. The third kappa shape index (κ3) is 3.48. The van der Waals surface area contributed by atoms with Crippen molar-refractivity contribution in [1.29, 1.82) is 0 Å². The van der Waals surface area contributed by atoms with E-state index in [2.05, 4.69) is 45.7 Å². The van der Waals surface area contributed by atoms with Crippen molar-refractivity contribution in [2.24, 2.45) is 0 Å². The Bertz CT molecular complexity index is 670. The van der Waals surface area contributed by atoms with Crippen LogP contribution in [0.5, 0.6) is 0 Å². The minimum Gasteiger partial charge on any atom is -0.375 e. The Morgan fingerprint density at radius 1 is 1.38 bits per heavy atom. The molecular weight excluding hydrogens is 318 g/mol. The summed E-state index contributed by atoms with van der Waals surface area (Å²) in [5.74, 6) is 1.06. The summed E-state index contributed by atoms with van der Waals surface area (Å²) in [6, 6.07) is 7.14. The van der Waals surface area contributed by atoms with Crippen LogP contribution in [0.2, 0.25) is 0 Å². The Balaban J connectivity index is 1.36. The van der Waals surface area contributed by atoms with Crippen LogP contribution in [0.4, 0.5) is 5.82 Å². The highest BCUT2D eigenvalue weighted by atomic mass is 32.1. The standard InChI is InChI=1S/C19H25N3OS/c1-14-13-22(8-9-23-14)19-6-5-15(12-21-19)11-20-17-3-2-4-18-16(17)7-10-24-18/h5-7,10,12,14,17,20H,2-4,8-9,11,13H2,1H3/t14-,17+/m1/s1. The van der Waals surface area contributed by atoms with Crippen LogP contribution in [0.15, 0.2) is 29.8 Å². The van der Waals surface area contributed by atoms with Crippen LogP contribution in [-0.2, 0) is 17.7 Å². The van der Waals surface area contributed by atoms with E-state index < -0.39 is 0 Å². The second-order valence-corrected chi connectivity index (χ2v) is 7.78. The molecule has 4 nitrogen and oxygen atoms in total. The van der Waals surface area contributed by atoms with Crippen molar-refractivity contribution in [1.82, 2.24) is 10.3 Å². The summed E-state index contributed by atoms with van der Waals surface area (Å²) in [6.07, 6.45) is 6.07. The van der Waals surface area contributed by atoms with Crippen LogP contribution in [0, 0.1) is 0 Å². The normalized spacial score (nSPS) is 24.0. The molecule has 1 fully saturated rings. The maximum Gasteiger partial charge on any atom is 0.128 e. The maximum atomic E-state index is 5.60. The van der Waals surface area contributed by atoms with Gasteiger partial charge in [-0.25, -0.2) is 4.98 Å². The summed E-state index contributed by atoms with van der Waals surface area (Å²) < 4.78 is 5.60. The number of aryl methyl sites for hydroxylation is 1. The van der Waals surface area contributed by atoms with E-state index in [1.165, 1.54) is 30.4 Å². The van der Waals surface area contributed by atoms with Gasteiger partial charge in [0, 0.05) is 36.8 Å². The van der Waals surface area contributed by atoms with Gasteiger partial charge in [-0.05, 0) is 54.8 Å². The van der Waals surface area contributed by atoms with Crippen molar-refractivity contribution in [2.75, 3.05) is 24.6 Å². The largest absolute Gasteiger partial charge is 0.375 e. The van der Waals surface area contributed by atoms with Crippen LogP contribution < -0.4 is 10.2 Å². The minimum atomic E-state index is 0.285. The molecule has 24 heavy (non-hydrogen) atoms. The van der Waals surface area contributed by atoms with Gasteiger partial charge in [-0.2, -0.15) is 0 Å². The van der Waals surface area contributed by atoms with Gasteiger partial charge in [0.25, 0.3) is 0 Å². The van der Waals surface area contributed by atoms with Gasteiger partial charge >= 0.3 is 0 Å². The van der Waals surface area contributed by atoms with Crippen LogP contribution >= 0.6 is 11.3 Å². The van der Waals surface area contributed by atoms with Gasteiger partial charge in [0.1, 0.15) is 5.82 Å². The zero-order chi connectivity index (χ0) is 16.4. The first kappa shape index (κ1) is 16.1. The van der Waals surface area contributed by atoms with E-state index in [9.17, 15) is 0 Å². The van der Waals surface area contributed by atoms with Crippen molar-refractivity contribution >= 4 is 17.2 Å². The average molecular weight is 343 g/mol. The van der Waals surface area contributed by atoms with Gasteiger partial charge in [-0.15, -0.1) is 11.3 Å². The Morgan fingerprint density at radius 2 is 2.33 bits per heavy atom. The highest BCUT2D eigenvalue weighted by Crippen LogP contribution is 2.33. The first-order chi connectivity index (χ1) is 11.8. The van der Waals surface area contributed by atoms with Crippen molar-refractivity contribution in [3.8, 4) is 0 Å². The molecule has 0 spiro atoms. The Kier molecular flexibility index (Phi) is 4.83. The predicted octanol–water partition coefficient (Wildman–Crippen LogP) is 3.54. The fourth-order valence-corrected chi connectivity index (χ4v) is 4.66. The number of hydrogen-bond acceptors (Lipinski definition) is 5. The van der Waals surface area contributed by atoms with Gasteiger partial charge in [0.05, 0.1) is 12.7 Å². The molecule has 1 saturated heterocycles. The summed E-state index contributed by atoms with van der Waals surface area (Å²) >= 11 is 1.90. The number of pyridine rings is 1. The first-order valence-electron chi connectivity index (χ1n) is 8.91. The van der Waals surface area contributed by atoms with Crippen molar-refractivity contribution < 1.29 is 4.74 Å². The van der Waals surface area contributed by atoms with E-state index in [1.54, 1.807) is 4.88 Å². The number of nitrogens with one attached hydrogen (secondary N) is 1. The summed E-state index contributed by atoms with van der Waals surface area (Å²) in [5, 5.41) is 5.95. The molecule has 0 bridgehead atoms. The minimum absolute atomic E-state index is 0.285. The molecule has 1 N–H and O–H groups in total. The number of aromatic nitrogens is 1. The van der Waals surface area contributed by atoms with Crippen molar-refractivity contribution in [2.45, 2.75) is 44.9 Å². The molecule has 0 radical (unpaired) electrons. The monoisotopic (exact) mass is 343 g/mol. The van der Waals surface area contributed by atoms with E-state index in [-0.39, 0.29) is 6.10 Å². The molecule has 5 heteroatoms. The quantitative estimate of drug-likeness (QED) is 0.921. The number of fused-ring (bicyclic) bond motifs is 1. The molecule has 2 atom stereocenters. The van der Waals surface area contributed by atoms with Crippen LogP contribution in [0.1, 0.15) is 41.8 Å². The lowest BCUT2D eigenvalue weighted by Gasteiger charge is -2.32. The van der Waals surface area contributed by atoms with E-state index in [0.717, 1.165) is 32.1 Å². The number of nitrogens with zero attached hydrogens (tertiary/aromatic N) is 2. The highest BCUT2D eigenvalue weighted by molar-refractivity contribution is 7.10. The topological polar surface area (TPSA) is 37.4 Å². The molecule has 3 heterocycles. The highest BCUT2D eigenvalue weighted by Gasteiger charge is 2.21. The second kappa shape index (κ2) is 7.21. The van der Waals surface area contributed by atoms with Gasteiger partial charge in [-0.3, -0.25) is 0 Å². The number of thiophene rings is 1. The van der Waals surface area contributed by atoms with Crippen molar-refractivity contribution in [3.63, 3.8) is 0 Å². The molecule has 1 aliphatic heterocycles. The molecule has 0 aromatic carbocycles. The molecule has 2 aliphatic rings. The molecule has 4 rings (SSSR count). The maximum absolute atomic E-state index is 5.60. The number of anilines is 1. The number of hydrogen-bond donors (Lipinski definition) is 1. The lowest BCUT2D eigenvalue weighted by Crippen LogP contribution is -2.41. The van der Waals surface area contributed by atoms with E-state index in [1.807, 2.05) is 17.5 Å². The molecule has 1 aliphatic carbocycles. The summed E-state index contributed by atoms with van der Waals surface area (Å²) in [5.41, 5.74) is 2.76. The second-order valence-electron chi connectivity index (χ2n) is 6.78. The average Bonchev–Trinajstić information content (AvgIpc) is 3.10. The van der Waals surface area contributed by atoms with Crippen LogP contribution in [0.3, 0.4) is 0 Å². The van der Waals surface area contributed by atoms with E-state index in [0.29, 0.717) is 6.04 Å². The molecule has 0 amide bonds. The van der Waals surface area contributed by atoms with E-state index in [4.69, 9.17) is 4.74 Å². The molecule has 128 valence electrons. The summed E-state index contributed by atoms with van der Waals surface area (Å²) in [6.45, 7) is 5.64. The number of morpholine rings is 1. The Labute approximate surface area is 147 Å². The zero-order valence-electron chi connectivity index (χ0n) is 14.2. The fourth-order valence-electron chi connectivity index (χ4n) is 3.67. The van der Waals surface area contributed by atoms with Gasteiger partial charge in [0.15, 0.2) is 0 Å². The molecular formula is C19H25N3OS. The number of ether oxygens (including phenoxy) is 1. The number of rotatable bonds is 4. The summed E-state index contributed by atoms with van der Waals surface area (Å²) in [4.78, 5) is 8.54. The SMILES string of the molecule is C[C@@H]1CN(c2ccc(CN[C@H]3CCCc4sccc43)cn2)CCO1. The van der Waals surface area contributed by atoms with Gasteiger partial charge in [-0.1, -0.05) is 6.07 Å². The zero-order valence-corrected chi connectivity index (χ0v) is 15.0. The Hall–Kier alpha value is -1.43. The molecule has 0 unspecified atom stereocenters. The molecule has 2 aromatic rings. The Morgan fingerprint density at radius 3 is 3.17 bits per heavy atom. The van der Waals surface area contributed by atoms with Crippen LogP contribution in [-0.4, -0.2) is 30.8 Å². The van der Waals surface area contributed by atoms with E-state index >= 15 is 0 Å². The van der Waals surface area contributed by atoms with Crippen molar-refractivity contribution in [3.05, 3.63) is 45.8 Å². The fraction of sp³-hybridized carbons (Fsp3) is 0.526. The van der Waals surface area contributed by atoms with Crippen LogP contribution in [0.25, 0.3) is 0 Å². The predicted molar refractivity (Wildman–Crippen MR) is 98.7 cm³/mol. The smallest absolute Gasteiger partial charge is 0.128 e. The first-order valence-corrected chi connectivity index (χ1v) is 9.78. The lowest BCUT2D eigenvalue weighted by molar-refractivity contribution is 0.0529. The third-order valence-corrected chi connectivity index (χ3v) is 5.98.